The minimum atomic E-state index is -1.32. The molecule has 0 unspecified atom stereocenters. The van der Waals surface area contributed by atoms with Crippen LogP contribution in [0.2, 0.25) is 0 Å². The Morgan fingerprint density at radius 1 is 0.632 bits per heavy atom. The maximum Gasteiger partial charge on any atom is 0.327 e. The highest BCUT2D eigenvalue weighted by atomic mass is 32.1. The number of amides is 8. The van der Waals surface area contributed by atoms with Gasteiger partial charge in [0, 0.05) is 30.2 Å². The quantitative estimate of drug-likeness (QED) is 0.0162. The Morgan fingerprint density at radius 3 is 1.63 bits per heavy atom. The number of rotatable bonds is 31. The first-order chi connectivity index (χ1) is 32.0. The second-order valence-corrected chi connectivity index (χ2v) is 18.0. The van der Waals surface area contributed by atoms with E-state index in [0.717, 1.165) is 0 Å². The second-order valence-electron chi connectivity index (χ2n) is 16.9. The van der Waals surface area contributed by atoms with Crippen molar-refractivity contribution in [1.82, 2.24) is 42.5 Å². The van der Waals surface area contributed by atoms with Crippen LogP contribution in [0.25, 0.3) is 0 Å². The van der Waals surface area contributed by atoms with E-state index in [2.05, 4.69) is 85.4 Å². The zero-order valence-corrected chi connectivity index (χ0v) is 42.1. The molecule has 0 fully saturated rings. The van der Waals surface area contributed by atoms with Gasteiger partial charge in [-0.05, 0) is 42.6 Å². The van der Waals surface area contributed by atoms with Gasteiger partial charge in [-0.15, -0.1) is 0 Å². The van der Waals surface area contributed by atoms with Crippen LogP contribution in [0.4, 0.5) is 0 Å². The third-order valence-corrected chi connectivity index (χ3v) is 11.6. The third-order valence-electron chi connectivity index (χ3n) is 10.5. The van der Waals surface area contributed by atoms with E-state index in [9.17, 15) is 48.3 Å². The smallest absolute Gasteiger partial charge is 0.327 e. The number of carboxylic acid groups (broad SMARTS) is 1. The average Bonchev–Trinajstić information content (AvgIpc) is 3.29. The highest BCUT2D eigenvalue weighted by Crippen LogP contribution is 2.12. The fraction of sp³-hybridized carbons (Fsp3) is 0.628. The lowest BCUT2D eigenvalue weighted by atomic mass is 9.97. The van der Waals surface area contributed by atoms with E-state index >= 15 is 0 Å². The minimum Gasteiger partial charge on any atom is -0.480 e. The van der Waals surface area contributed by atoms with Gasteiger partial charge in [0.05, 0.1) is 12.6 Å². The van der Waals surface area contributed by atoms with Crippen LogP contribution in [-0.2, 0) is 49.6 Å². The SMILES string of the molecule is CC[C@H](C)[C@H](NC(=O)[C@H](CS)NC(=O)[C@@H](N)CCCN=C(N)N)C(=O)N[C@@H](CS)C(=O)N[C@H](C(=O)N[C@@H](CC(C)C)C(=O)NCC(=O)N[C@@H](Cc1ccccc1)C(=O)N[C@@H](CS)C(=O)O)C(C)C. The number of nitrogens with zero attached hydrogens (tertiary/aromatic N) is 1. The number of hydrogen-bond acceptors (Lipinski definition) is 14. The van der Waals surface area contributed by atoms with Gasteiger partial charge in [0.25, 0.3) is 0 Å². The number of hydrogen-bond donors (Lipinski definition) is 15. The van der Waals surface area contributed by atoms with Crippen LogP contribution < -0.4 is 59.7 Å². The maximum absolute atomic E-state index is 13.8. The largest absolute Gasteiger partial charge is 0.480 e. The van der Waals surface area contributed by atoms with Crippen LogP contribution in [0.3, 0.4) is 0 Å². The van der Waals surface area contributed by atoms with Gasteiger partial charge in [-0.3, -0.25) is 43.3 Å². The van der Waals surface area contributed by atoms with Crippen molar-refractivity contribution in [1.29, 1.82) is 0 Å². The van der Waals surface area contributed by atoms with Crippen LogP contribution in [0.1, 0.15) is 72.8 Å². The molecule has 382 valence electrons. The summed E-state index contributed by atoms with van der Waals surface area (Å²) in [6.07, 6.45) is 1.19. The molecule has 1 aromatic carbocycles. The molecule has 0 aromatic heterocycles. The van der Waals surface area contributed by atoms with Crippen molar-refractivity contribution in [3.8, 4) is 0 Å². The topological polar surface area (TPSA) is 361 Å². The van der Waals surface area contributed by atoms with E-state index in [0.29, 0.717) is 18.4 Å². The lowest BCUT2D eigenvalue weighted by Gasteiger charge is -2.29. The van der Waals surface area contributed by atoms with Gasteiger partial charge >= 0.3 is 5.97 Å². The van der Waals surface area contributed by atoms with Crippen molar-refractivity contribution in [2.24, 2.45) is 39.9 Å². The molecule has 0 radical (unpaired) electrons. The summed E-state index contributed by atoms with van der Waals surface area (Å²) in [7, 11) is 0. The molecular weight excluding hydrogens is 941 g/mol. The molecule has 0 aliphatic carbocycles. The maximum atomic E-state index is 13.8. The first kappa shape index (κ1) is 60.7. The molecule has 1 rings (SSSR count). The summed E-state index contributed by atoms with van der Waals surface area (Å²) in [5.41, 5.74) is 17.3. The normalized spacial score (nSPS) is 15.1. The van der Waals surface area contributed by atoms with Gasteiger partial charge in [-0.1, -0.05) is 78.3 Å². The first-order valence-electron chi connectivity index (χ1n) is 22.3. The molecule has 0 aliphatic rings. The third kappa shape index (κ3) is 22.2. The standard InChI is InChI=1S/C43H72N12O10S3/c1-7-24(6)34(55-39(61)29(19-66)51-35(57)26(44)14-11-15-47-43(45)46)41(63)52-30(20-67)38(60)54-33(23(4)5)40(62)50-27(16-22(2)3)36(58)48-18-32(56)49-28(17-25-12-9-8-10-13-25)37(59)53-31(21-68)42(64)65/h8-10,12-13,22-24,26-31,33-34,66-68H,7,11,14-21,44H2,1-6H3,(H,48,58)(H,49,56)(H,50,62)(H,51,57)(H,52,63)(H,53,59)(H,54,60)(H,55,61)(H,64,65)(H4,45,46,47)/t24-,26-,27-,28-,29-,30-,31-,33-,34-/m0/s1. The molecule has 9 atom stereocenters. The van der Waals surface area contributed by atoms with Crippen molar-refractivity contribution < 1.29 is 48.3 Å². The van der Waals surface area contributed by atoms with Gasteiger partial charge in [-0.2, -0.15) is 37.9 Å². The number of carboxylic acids is 1. The molecule has 1 aromatic rings. The lowest BCUT2D eigenvalue weighted by molar-refractivity contribution is -0.141. The number of nitrogens with two attached hydrogens (primary N) is 3. The molecule has 0 spiro atoms. The summed E-state index contributed by atoms with van der Waals surface area (Å²) in [6.45, 7) is 10.1. The van der Waals surface area contributed by atoms with Crippen molar-refractivity contribution in [3.05, 3.63) is 35.9 Å². The Kier molecular flexibility index (Phi) is 28.3. The van der Waals surface area contributed by atoms with Crippen LogP contribution in [0.15, 0.2) is 35.3 Å². The predicted octanol–water partition coefficient (Wildman–Crippen LogP) is -2.26. The molecular formula is C43H72N12O10S3. The predicted molar refractivity (Wildman–Crippen MR) is 267 cm³/mol. The highest BCUT2D eigenvalue weighted by molar-refractivity contribution is 7.80. The van der Waals surface area contributed by atoms with E-state index in [4.69, 9.17) is 17.2 Å². The van der Waals surface area contributed by atoms with Gasteiger partial charge in [-0.25, -0.2) is 4.79 Å². The zero-order chi connectivity index (χ0) is 51.7. The molecule has 0 aliphatic heterocycles. The number of aliphatic carboxylic acids is 1. The Hall–Kier alpha value is -5.27. The molecule has 22 nitrogen and oxygen atoms in total. The van der Waals surface area contributed by atoms with Gasteiger partial charge in [0.2, 0.25) is 47.3 Å². The van der Waals surface area contributed by atoms with Crippen LogP contribution in [0, 0.1) is 17.8 Å². The Labute approximate surface area is 414 Å². The molecule has 0 saturated carbocycles. The number of aliphatic imine (C=N–C) groups is 1. The Morgan fingerprint density at radius 2 is 1.13 bits per heavy atom. The molecule has 0 heterocycles. The van der Waals surface area contributed by atoms with Crippen molar-refractivity contribution in [3.63, 3.8) is 0 Å². The van der Waals surface area contributed by atoms with Gasteiger partial charge in [0.1, 0.15) is 42.3 Å². The van der Waals surface area contributed by atoms with Crippen molar-refractivity contribution in [2.45, 2.75) is 122 Å². The second kappa shape index (κ2) is 31.7. The molecule has 68 heavy (non-hydrogen) atoms. The fourth-order valence-corrected chi connectivity index (χ4v) is 7.10. The first-order valence-corrected chi connectivity index (χ1v) is 24.2. The van der Waals surface area contributed by atoms with E-state index in [1.165, 1.54) is 0 Å². The molecule has 0 saturated heterocycles. The van der Waals surface area contributed by atoms with Crippen LogP contribution >= 0.6 is 37.9 Å². The molecule has 8 amide bonds. The fourth-order valence-electron chi connectivity index (χ4n) is 6.34. The van der Waals surface area contributed by atoms with Crippen LogP contribution in [-0.4, -0.2) is 143 Å². The number of thiol groups is 3. The van der Waals surface area contributed by atoms with Gasteiger partial charge in [0.15, 0.2) is 5.96 Å². The molecule has 15 N–H and O–H groups in total. The lowest BCUT2D eigenvalue weighted by Crippen LogP contribution is -2.61. The summed E-state index contributed by atoms with van der Waals surface area (Å²) in [6, 6.07) is -0.891. The summed E-state index contributed by atoms with van der Waals surface area (Å²) in [5.74, 6) is -8.98. The zero-order valence-electron chi connectivity index (χ0n) is 39.5. The Bertz CT molecular complexity index is 1880. The van der Waals surface area contributed by atoms with Gasteiger partial charge < -0.3 is 64.8 Å². The van der Waals surface area contributed by atoms with Crippen LogP contribution in [0.5, 0.6) is 0 Å². The number of benzene rings is 1. The van der Waals surface area contributed by atoms with E-state index in [1.54, 1.807) is 58.0 Å². The molecule has 25 heteroatoms. The number of guanidine groups is 1. The Balaban J connectivity index is 3.09. The number of nitrogens with one attached hydrogen (secondary N) is 8. The average molecular weight is 1010 g/mol. The van der Waals surface area contributed by atoms with E-state index in [-0.39, 0.29) is 54.9 Å². The number of carbonyl (C=O) groups excluding carboxylic acids is 8. The monoisotopic (exact) mass is 1010 g/mol. The van der Waals surface area contributed by atoms with Crippen molar-refractivity contribution >= 4 is 97.1 Å². The summed E-state index contributed by atoms with van der Waals surface area (Å²) < 4.78 is 0. The number of carbonyl (C=O) groups is 9. The summed E-state index contributed by atoms with van der Waals surface area (Å²) in [4.78, 5) is 123. The highest BCUT2D eigenvalue weighted by Gasteiger charge is 2.35. The van der Waals surface area contributed by atoms with E-state index < -0.39 is 120 Å². The molecule has 0 bridgehead atoms. The minimum absolute atomic E-state index is 0.00571. The van der Waals surface area contributed by atoms with E-state index in [1.807, 2.05) is 13.8 Å². The summed E-state index contributed by atoms with van der Waals surface area (Å²) >= 11 is 12.5. The summed E-state index contributed by atoms with van der Waals surface area (Å²) in [5, 5.41) is 29.9. The van der Waals surface area contributed by atoms with Crippen molar-refractivity contribution in [2.75, 3.05) is 30.3 Å².